The molecule has 2 aromatic rings. The van der Waals surface area contributed by atoms with Crippen molar-refractivity contribution in [2.75, 3.05) is 7.11 Å². The second-order valence-electron chi connectivity index (χ2n) is 3.68. The van der Waals surface area contributed by atoms with Crippen LogP contribution in [0.4, 0.5) is 0 Å². The Morgan fingerprint density at radius 1 is 1.41 bits per heavy atom. The highest BCUT2D eigenvalue weighted by molar-refractivity contribution is 9.10. The highest BCUT2D eigenvalue weighted by Crippen LogP contribution is 2.16. The van der Waals surface area contributed by atoms with Gasteiger partial charge in [-0.05, 0) is 17.7 Å². The van der Waals surface area contributed by atoms with E-state index in [1.54, 1.807) is 11.8 Å². The monoisotopic (exact) mass is 314 g/mol. The van der Waals surface area contributed by atoms with Crippen LogP contribution in [0.25, 0.3) is 0 Å². The van der Waals surface area contributed by atoms with E-state index in [2.05, 4.69) is 21.0 Å². The van der Waals surface area contributed by atoms with Gasteiger partial charge in [0.1, 0.15) is 5.15 Å². The zero-order chi connectivity index (χ0) is 12.3. The van der Waals surface area contributed by atoms with E-state index in [1.165, 1.54) is 0 Å². The summed E-state index contributed by atoms with van der Waals surface area (Å²) >= 11 is 9.54. The van der Waals surface area contributed by atoms with Crippen LogP contribution in [0.2, 0.25) is 5.15 Å². The van der Waals surface area contributed by atoms with Crippen LogP contribution in [0.15, 0.2) is 34.8 Å². The van der Waals surface area contributed by atoms with Gasteiger partial charge in [0.25, 0.3) is 0 Å². The Hall–Kier alpha value is -0.840. The number of hydrogen-bond acceptors (Lipinski definition) is 2. The lowest BCUT2D eigenvalue weighted by Gasteiger charge is -2.03. The van der Waals surface area contributed by atoms with E-state index in [9.17, 15) is 0 Å². The molecule has 0 N–H and O–H groups in total. The number of benzene rings is 1. The Labute approximate surface area is 113 Å². The van der Waals surface area contributed by atoms with Crippen molar-refractivity contribution in [3.8, 4) is 0 Å². The largest absolute Gasteiger partial charge is 0.378 e. The minimum atomic E-state index is 0.477. The summed E-state index contributed by atoms with van der Waals surface area (Å²) in [7, 11) is 1.64. The fourth-order valence-electron chi connectivity index (χ4n) is 1.58. The summed E-state index contributed by atoms with van der Waals surface area (Å²) in [5.41, 5.74) is 1.99. The van der Waals surface area contributed by atoms with Crippen molar-refractivity contribution in [3.05, 3.63) is 51.2 Å². The average molecular weight is 316 g/mol. The highest BCUT2D eigenvalue weighted by atomic mass is 79.9. The Morgan fingerprint density at radius 2 is 2.24 bits per heavy atom. The summed E-state index contributed by atoms with van der Waals surface area (Å²) in [4.78, 5) is 0. The minimum absolute atomic E-state index is 0.477. The molecule has 0 spiro atoms. The van der Waals surface area contributed by atoms with E-state index >= 15 is 0 Å². The van der Waals surface area contributed by atoms with Gasteiger partial charge in [0.05, 0.1) is 18.8 Å². The van der Waals surface area contributed by atoms with Crippen molar-refractivity contribution in [2.45, 2.75) is 13.2 Å². The first-order valence-corrected chi connectivity index (χ1v) is 6.32. The Kier molecular flexibility index (Phi) is 4.20. The molecule has 1 heterocycles. The van der Waals surface area contributed by atoms with Gasteiger partial charge in [-0.1, -0.05) is 39.7 Å². The molecule has 0 saturated carbocycles. The average Bonchev–Trinajstić information content (AvgIpc) is 2.60. The summed E-state index contributed by atoms with van der Waals surface area (Å²) in [6.45, 7) is 1.13. The molecule has 0 aliphatic carbocycles. The van der Waals surface area contributed by atoms with Crippen molar-refractivity contribution in [2.24, 2.45) is 0 Å². The lowest BCUT2D eigenvalue weighted by molar-refractivity contribution is 0.181. The van der Waals surface area contributed by atoms with Crippen LogP contribution in [0, 0.1) is 0 Å². The fourth-order valence-corrected chi connectivity index (χ4v) is 2.25. The van der Waals surface area contributed by atoms with Gasteiger partial charge >= 0.3 is 0 Å². The first kappa shape index (κ1) is 12.6. The van der Waals surface area contributed by atoms with E-state index in [1.807, 2.05) is 30.3 Å². The van der Waals surface area contributed by atoms with Crippen LogP contribution in [0.1, 0.15) is 11.3 Å². The molecule has 0 amide bonds. The van der Waals surface area contributed by atoms with Gasteiger partial charge < -0.3 is 4.74 Å². The summed E-state index contributed by atoms with van der Waals surface area (Å²) in [5.74, 6) is 0. The van der Waals surface area contributed by atoms with E-state index in [0.717, 1.165) is 15.7 Å². The second kappa shape index (κ2) is 5.67. The fraction of sp³-hybridized carbons (Fsp3) is 0.250. The third kappa shape index (κ3) is 3.31. The molecule has 0 radical (unpaired) electrons. The molecule has 0 aliphatic heterocycles. The molecule has 17 heavy (non-hydrogen) atoms. The Balaban J connectivity index is 2.18. The minimum Gasteiger partial charge on any atom is -0.378 e. The summed E-state index contributed by atoms with van der Waals surface area (Å²) < 4.78 is 7.84. The van der Waals surface area contributed by atoms with Gasteiger partial charge in [-0.15, -0.1) is 0 Å². The Bertz CT molecular complexity index is 513. The summed E-state index contributed by atoms with van der Waals surface area (Å²) in [5, 5.41) is 4.99. The first-order valence-electron chi connectivity index (χ1n) is 5.14. The van der Waals surface area contributed by atoms with Gasteiger partial charge in [-0.25, -0.2) is 4.68 Å². The SMILES string of the molecule is COCc1cc(Cl)n(Cc2cccc(Br)c2)n1. The molecule has 0 atom stereocenters. The van der Waals surface area contributed by atoms with Crippen LogP contribution in [-0.2, 0) is 17.9 Å². The smallest absolute Gasteiger partial charge is 0.127 e. The molecule has 0 saturated heterocycles. The maximum Gasteiger partial charge on any atom is 0.127 e. The third-order valence-corrected chi connectivity index (χ3v) is 3.09. The van der Waals surface area contributed by atoms with Gasteiger partial charge in [-0.3, -0.25) is 0 Å². The molecule has 5 heteroatoms. The maximum atomic E-state index is 6.10. The van der Waals surface area contributed by atoms with Gasteiger partial charge in [0, 0.05) is 17.6 Å². The molecular weight excluding hydrogens is 304 g/mol. The number of methoxy groups -OCH3 is 1. The molecule has 0 bridgehead atoms. The van der Waals surface area contributed by atoms with Crippen LogP contribution < -0.4 is 0 Å². The van der Waals surface area contributed by atoms with Crippen LogP contribution in [0.3, 0.4) is 0 Å². The summed E-state index contributed by atoms with van der Waals surface area (Å²) in [6.07, 6.45) is 0. The molecule has 0 aliphatic rings. The molecule has 2 rings (SSSR count). The maximum absolute atomic E-state index is 6.10. The number of ether oxygens (including phenoxy) is 1. The van der Waals surface area contributed by atoms with Crippen LogP contribution in [-0.4, -0.2) is 16.9 Å². The number of nitrogens with zero attached hydrogens (tertiary/aromatic N) is 2. The van der Waals surface area contributed by atoms with E-state index in [-0.39, 0.29) is 0 Å². The predicted molar refractivity (Wildman–Crippen MR) is 71.2 cm³/mol. The van der Waals surface area contributed by atoms with Crippen molar-refractivity contribution in [3.63, 3.8) is 0 Å². The molecule has 90 valence electrons. The zero-order valence-electron chi connectivity index (χ0n) is 9.36. The summed E-state index contributed by atoms with van der Waals surface area (Å²) in [6, 6.07) is 9.90. The zero-order valence-corrected chi connectivity index (χ0v) is 11.7. The molecule has 3 nitrogen and oxygen atoms in total. The van der Waals surface area contributed by atoms with Crippen molar-refractivity contribution in [1.82, 2.24) is 9.78 Å². The number of hydrogen-bond donors (Lipinski definition) is 0. The van der Waals surface area contributed by atoms with Crippen LogP contribution in [0.5, 0.6) is 0 Å². The topological polar surface area (TPSA) is 27.1 Å². The third-order valence-electron chi connectivity index (χ3n) is 2.30. The molecule has 0 fully saturated rings. The predicted octanol–water partition coefficient (Wildman–Crippen LogP) is 3.49. The first-order chi connectivity index (χ1) is 8.19. The van der Waals surface area contributed by atoms with Crippen LogP contribution >= 0.6 is 27.5 Å². The molecular formula is C12H12BrClN2O. The molecule has 1 aromatic carbocycles. The Morgan fingerprint density at radius 3 is 2.94 bits per heavy atom. The standard InChI is InChI=1S/C12H12BrClN2O/c1-17-8-11-6-12(14)16(15-11)7-9-3-2-4-10(13)5-9/h2-6H,7-8H2,1H3. The molecule has 1 aromatic heterocycles. The van der Waals surface area contributed by atoms with Gasteiger partial charge in [0.15, 0.2) is 0 Å². The highest BCUT2D eigenvalue weighted by Gasteiger charge is 2.06. The van der Waals surface area contributed by atoms with Gasteiger partial charge in [-0.2, -0.15) is 5.10 Å². The van der Waals surface area contributed by atoms with Gasteiger partial charge in [0.2, 0.25) is 0 Å². The van der Waals surface area contributed by atoms with E-state index < -0.39 is 0 Å². The normalized spacial score (nSPS) is 10.8. The number of aromatic nitrogens is 2. The lowest BCUT2D eigenvalue weighted by atomic mass is 10.2. The van der Waals surface area contributed by atoms with E-state index in [0.29, 0.717) is 18.3 Å². The number of rotatable bonds is 4. The van der Waals surface area contributed by atoms with Crippen molar-refractivity contribution >= 4 is 27.5 Å². The number of halogens is 2. The lowest BCUT2D eigenvalue weighted by Crippen LogP contribution is -2.02. The molecule has 0 unspecified atom stereocenters. The quantitative estimate of drug-likeness (QED) is 0.863. The van der Waals surface area contributed by atoms with Crippen molar-refractivity contribution in [1.29, 1.82) is 0 Å². The second-order valence-corrected chi connectivity index (χ2v) is 4.98. The van der Waals surface area contributed by atoms with E-state index in [4.69, 9.17) is 16.3 Å². The van der Waals surface area contributed by atoms with Crippen molar-refractivity contribution < 1.29 is 4.74 Å².